The van der Waals surface area contributed by atoms with Crippen molar-refractivity contribution < 1.29 is 35.9 Å². The van der Waals surface area contributed by atoms with Crippen molar-refractivity contribution in [3.05, 3.63) is 16.9 Å². The molecule has 0 aromatic carbocycles. The summed E-state index contributed by atoms with van der Waals surface area (Å²) in [6.45, 7) is -0.500. The van der Waals surface area contributed by atoms with Gasteiger partial charge >= 0.3 is 12.3 Å². The monoisotopic (exact) mass is 430 g/mol. The lowest BCUT2D eigenvalue weighted by molar-refractivity contribution is -0.138. The number of carbonyl (C=O) groups is 1. The number of aromatic nitrogens is 2. The van der Waals surface area contributed by atoms with E-state index < -0.39 is 46.5 Å². The third-order valence-corrected chi connectivity index (χ3v) is 2.74. The van der Waals surface area contributed by atoms with Crippen molar-refractivity contribution in [3.8, 4) is 0 Å². The van der Waals surface area contributed by atoms with Crippen LogP contribution >= 0.6 is 36.2 Å². The molecule has 0 bridgehead atoms. The van der Waals surface area contributed by atoms with Crippen LogP contribution in [0.2, 0.25) is 0 Å². The molecule has 0 atom stereocenters. The number of thiol groups is 1. The summed E-state index contributed by atoms with van der Waals surface area (Å²) in [4.78, 5) is 9.09. The minimum atomic E-state index is -4.63. The number of hydrogen-bond acceptors (Lipinski definition) is 6. The highest BCUT2D eigenvalue weighted by Gasteiger charge is 2.35. The summed E-state index contributed by atoms with van der Waals surface area (Å²) in [5, 5.41) is 5.66. The number of thiocarbonyl (C=S) groups is 1. The normalized spacial score (nSPS) is 9.88. The number of primary amides is 1. The van der Waals surface area contributed by atoms with E-state index in [4.69, 9.17) is 4.79 Å². The van der Waals surface area contributed by atoms with Gasteiger partial charge < -0.3 is 10.5 Å². The van der Waals surface area contributed by atoms with Crippen LogP contribution in [0, 0.1) is 0 Å². The van der Waals surface area contributed by atoms with Gasteiger partial charge in [-0.15, -0.1) is 10.2 Å². The number of nitrogens with zero attached hydrogens (tertiary/aromatic N) is 2. The van der Waals surface area contributed by atoms with Crippen LogP contribution in [0.1, 0.15) is 18.9 Å². The van der Waals surface area contributed by atoms with E-state index in [0.29, 0.717) is 0 Å². The van der Waals surface area contributed by atoms with E-state index in [1.54, 1.807) is 0 Å². The number of alkyl halides is 3. The van der Waals surface area contributed by atoms with Crippen LogP contribution in [0.25, 0.3) is 0 Å². The molecule has 0 saturated carbocycles. The van der Waals surface area contributed by atoms with Gasteiger partial charge in [0.2, 0.25) is 10.1 Å². The number of amides is 1. The molecular formula is C10H12F6N4O2S3. The van der Waals surface area contributed by atoms with E-state index in [0.717, 1.165) is 0 Å². The van der Waals surface area contributed by atoms with Gasteiger partial charge in [0, 0.05) is 6.42 Å². The zero-order chi connectivity index (χ0) is 18.9. The van der Waals surface area contributed by atoms with Gasteiger partial charge in [-0.1, -0.05) is 31.4 Å². The first kappa shape index (κ1) is 25.6. The standard InChI is InChI=1S/C8H5F6N3OS2.CH3NOS.CH4/c9-3(4(10)11)1-2-18-7(19)15-6-17-16-5(20-6)8(12,13)14;2-1(3)4;/h1-2H2,(H,15,17,19);(H3,2,3,4);1H4. The van der Waals surface area contributed by atoms with Gasteiger partial charge in [0.1, 0.15) is 0 Å². The van der Waals surface area contributed by atoms with Crippen molar-refractivity contribution in [2.24, 2.45) is 5.73 Å². The van der Waals surface area contributed by atoms with Gasteiger partial charge in [-0.05, 0) is 12.2 Å². The Morgan fingerprint density at radius 3 is 2.24 bits per heavy atom. The maximum absolute atomic E-state index is 12.4. The number of ether oxygens (including phenoxy) is 1. The first-order valence-corrected chi connectivity index (χ1v) is 7.13. The lowest BCUT2D eigenvalue weighted by atomic mass is 10.4. The summed E-state index contributed by atoms with van der Waals surface area (Å²) in [7, 11) is 0. The van der Waals surface area contributed by atoms with Crippen LogP contribution in [-0.2, 0) is 10.9 Å². The summed E-state index contributed by atoms with van der Waals surface area (Å²) in [5.41, 5.74) is 4.34. The SMILES string of the molecule is C.FC(F)=C(F)CCOC(=S)Nc1nnc(C(F)(F)F)s1.NC(=O)S. The lowest BCUT2D eigenvalue weighted by Gasteiger charge is -2.06. The molecule has 0 aliphatic carbocycles. The van der Waals surface area contributed by atoms with Gasteiger partial charge in [0.05, 0.1) is 6.61 Å². The average molecular weight is 430 g/mol. The maximum Gasteiger partial charge on any atom is 0.445 e. The number of halogens is 6. The Hall–Kier alpha value is -1.61. The van der Waals surface area contributed by atoms with E-state index >= 15 is 0 Å². The van der Waals surface area contributed by atoms with Crippen molar-refractivity contribution in [1.29, 1.82) is 0 Å². The second-order valence-electron chi connectivity index (χ2n) is 3.42. The quantitative estimate of drug-likeness (QED) is 0.373. The molecular weight excluding hydrogens is 418 g/mol. The first-order valence-electron chi connectivity index (χ1n) is 5.46. The van der Waals surface area contributed by atoms with Crippen molar-refractivity contribution in [2.75, 3.05) is 11.9 Å². The smallest absolute Gasteiger partial charge is 0.445 e. The Morgan fingerprint density at radius 1 is 1.32 bits per heavy atom. The number of anilines is 1. The molecule has 3 N–H and O–H groups in total. The van der Waals surface area contributed by atoms with Crippen LogP contribution in [0.15, 0.2) is 11.9 Å². The highest BCUT2D eigenvalue weighted by atomic mass is 32.1. The molecule has 0 saturated heterocycles. The zero-order valence-corrected chi connectivity index (χ0v) is 13.8. The average Bonchev–Trinajstić information content (AvgIpc) is 2.86. The minimum Gasteiger partial charge on any atom is -0.470 e. The molecule has 0 fully saturated rings. The summed E-state index contributed by atoms with van der Waals surface area (Å²) in [5.74, 6) is -1.65. The van der Waals surface area contributed by atoms with Crippen molar-refractivity contribution >= 4 is 51.7 Å². The fourth-order valence-electron chi connectivity index (χ4n) is 0.840. The molecule has 1 amide bonds. The zero-order valence-electron chi connectivity index (χ0n) is 11.2. The van der Waals surface area contributed by atoms with E-state index in [-0.39, 0.29) is 23.9 Å². The van der Waals surface area contributed by atoms with E-state index in [1.165, 1.54) is 0 Å². The van der Waals surface area contributed by atoms with Crippen LogP contribution < -0.4 is 11.1 Å². The largest absolute Gasteiger partial charge is 0.470 e. The molecule has 0 aliphatic heterocycles. The summed E-state index contributed by atoms with van der Waals surface area (Å²) < 4.78 is 77.0. The van der Waals surface area contributed by atoms with Crippen LogP contribution in [-0.4, -0.2) is 27.2 Å². The molecule has 6 nitrogen and oxygen atoms in total. The van der Waals surface area contributed by atoms with E-state index in [2.05, 4.69) is 50.8 Å². The van der Waals surface area contributed by atoms with Crippen molar-refractivity contribution in [1.82, 2.24) is 10.2 Å². The number of nitrogens with one attached hydrogen (secondary N) is 1. The van der Waals surface area contributed by atoms with Crippen molar-refractivity contribution in [3.63, 3.8) is 0 Å². The molecule has 1 rings (SSSR count). The molecule has 25 heavy (non-hydrogen) atoms. The Kier molecular flexibility index (Phi) is 12.2. The number of rotatable bonds is 4. The number of hydrogen-bond donors (Lipinski definition) is 3. The number of carbonyl (C=O) groups excluding carboxylic acids is 1. The Labute approximate surface area is 152 Å². The fourth-order valence-corrected chi connectivity index (χ4v) is 1.69. The molecule has 0 unspecified atom stereocenters. The van der Waals surface area contributed by atoms with Gasteiger partial charge in [-0.25, -0.2) is 4.39 Å². The highest BCUT2D eigenvalue weighted by molar-refractivity contribution is 7.96. The topological polar surface area (TPSA) is 90.1 Å². The summed E-state index contributed by atoms with van der Waals surface area (Å²) in [6.07, 6.45) is -7.81. The van der Waals surface area contributed by atoms with E-state index in [9.17, 15) is 26.3 Å². The Balaban J connectivity index is 0. The molecule has 15 heteroatoms. The first-order chi connectivity index (χ1) is 10.9. The molecule has 0 radical (unpaired) electrons. The third kappa shape index (κ3) is 12.4. The maximum atomic E-state index is 12.4. The third-order valence-electron chi connectivity index (χ3n) is 1.64. The summed E-state index contributed by atoms with van der Waals surface area (Å²) >= 11 is 7.84. The van der Waals surface area contributed by atoms with Gasteiger partial charge in [0.15, 0.2) is 5.83 Å². The van der Waals surface area contributed by atoms with Gasteiger partial charge in [-0.2, -0.15) is 22.0 Å². The van der Waals surface area contributed by atoms with Gasteiger partial charge in [-0.3, -0.25) is 10.1 Å². The predicted octanol–water partition coefficient (Wildman–Crippen LogP) is 4.37. The molecule has 0 spiro atoms. The highest BCUT2D eigenvalue weighted by Crippen LogP contribution is 2.32. The second-order valence-corrected chi connectivity index (χ2v) is 5.21. The summed E-state index contributed by atoms with van der Waals surface area (Å²) in [6, 6.07) is 0. The fraction of sp³-hybridized carbons (Fsp3) is 0.400. The van der Waals surface area contributed by atoms with Crippen LogP contribution in [0.5, 0.6) is 0 Å². The van der Waals surface area contributed by atoms with Crippen molar-refractivity contribution in [2.45, 2.75) is 20.0 Å². The number of nitrogens with two attached hydrogens (primary N) is 1. The van der Waals surface area contributed by atoms with Gasteiger partial charge in [0.25, 0.3) is 10.4 Å². The van der Waals surface area contributed by atoms with Crippen LogP contribution in [0.4, 0.5) is 36.3 Å². The van der Waals surface area contributed by atoms with E-state index in [1.807, 2.05) is 0 Å². The Morgan fingerprint density at radius 2 is 1.84 bits per heavy atom. The molecule has 0 aliphatic rings. The molecule has 1 heterocycles. The predicted molar refractivity (Wildman–Crippen MR) is 87.4 cm³/mol. The molecule has 144 valence electrons. The lowest BCUT2D eigenvalue weighted by Crippen LogP contribution is -2.14. The Bertz CT molecular complexity index is 600. The van der Waals surface area contributed by atoms with Crippen LogP contribution in [0.3, 0.4) is 0 Å². The molecule has 1 aromatic heterocycles. The second kappa shape index (κ2) is 11.9. The molecule has 1 aromatic rings. The minimum absolute atomic E-state index is 0.